The number of primary amides is 1. The van der Waals surface area contributed by atoms with Crippen LogP contribution in [0.25, 0.3) is 32.8 Å². The lowest BCUT2D eigenvalue weighted by molar-refractivity contribution is -0.114. The zero-order chi connectivity index (χ0) is 21.0. The zero-order valence-electron chi connectivity index (χ0n) is 17.0. The highest BCUT2D eigenvalue weighted by molar-refractivity contribution is 6.19. The second-order valence-electron chi connectivity index (χ2n) is 7.90. The van der Waals surface area contributed by atoms with E-state index in [-0.39, 0.29) is 5.63 Å². The van der Waals surface area contributed by atoms with Crippen LogP contribution in [0.2, 0.25) is 0 Å². The molecular formula is C25H22N2O3. The number of aryl methyl sites for hydroxylation is 2. The van der Waals surface area contributed by atoms with E-state index in [2.05, 4.69) is 26.0 Å². The summed E-state index contributed by atoms with van der Waals surface area (Å²) in [6, 6.07) is 12.0. The number of allylic oxidation sites excluding steroid dienone is 3. The van der Waals surface area contributed by atoms with Crippen molar-refractivity contribution in [3.63, 3.8) is 0 Å². The fraction of sp³-hybridized carbons (Fsp3) is 0.200. The quantitative estimate of drug-likeness (QED) is 0.514. The Hall–Kier alpha value is -3.60. The number of nitrogens with zero attached hydrogens (tertiary/aromatic N) is 1. The van der Waals surface area contributed by atoms with E-state index in [9.17, 15) is 9.59 Å². The normalized spacial score (nSPS) is 13.9. The molecule has 0 spiro atoms. The van der Waals surface area contributed by atoms with Gasteiger partial charge in [0.15, 0.2) is 0 Å². The van der Waals surface area contributed by atoms with Crippen molar-refractivity contribution in [1.29, 1.82) is 0 Å². The summed E-state index contributed by atoms with van der Waals surface area (Å²) < 4.78 is 7.70. The van der Waals surface area contributed by atoms with E-state index in [0.717, 1.165) is 33.7 Å². The summed E-state index contributed by atoms with van der Waals surface area (Å²) in [5, 5.41) is 2.91. The molecule has 0 saturated heterocycles. The van der Waals surface area contributed by atoms with Gasteiger partial charge < -0.3 is 14.7 Å². The van der Waals surface area contributed by atoms with Crippen LogP contribution in [0.4, 0.5) is 0 Å². The molecule has 0 saturated carbocycles. The Morgan fingerprint density at radius 3 is 2.70 bits per heavy atom. The van der Waals surface area contributed by atoms with Crippen LogP contribution >= 0.6 is 0 Å². The number of aromatic nitrogens is 1. The Balaban J connectivity index is 1.83. The van der Waals surface area contributed by atoms with Gasteiger partial charge in [-0.1, -0.05) is 37.3 Å². The summed E-state index contributed by atoms with van der Waals surface area (Å²) in [7, 11) is 0. The van der Waals surface area contributed by atoms with Gasteiger partial charge in [0.1, 0.15) is 11.1 Å². The molecule has 2 aromatic carbocycles. The van der Waals surface area contributed by atoms with Crippen LogP contribution in [0, 0.1) is 6.92 Å². The highest BCUT2D eigenvalue weighted by Gasteiger charge is 2.21. The lowest BCUT2D eigenvalue weighted by atomic mass is 10.0. The first-order valence-electron chi connectivity index (χ1n) is 10.1. The Labute approximate surface area is 173 Å². The van der Waals surface area contributed by atoms with Gasteiger partial charge in [0.25, 0.3) is 0 Å². The largest absolute Gasteiger partial charge is 0.421 e. The molecular weight excluding hydrogens is 376 g/mol. The molecule has 30 heavy (non-hydrogen) atoms. The predicted octanol–water partition coefficient (Wildman–Crippen LogP) is 4.51. The second-order valence-corrected chi connectivity index (χ2v) is 7.90. The van der Waals surface area contributed by atoms with Crippen molar-refractivity contribution in [2.75, 3.05) is 0 Å². The highest BCUT2D eigenvalue weighted by atomic mass is 16.4. The number of hydrogen-bond acceptors (Lipinski definition) is 3. The Morgan fingerprint density at radius 2 is 1.97 bits per heavy atom. The topological polar surface area (TPSA) is 78.2 Å². The lowest BCUT2D eigenvalue weighted by Gasteiger charge is -2.10. The van der Waals surface area contributed by atoms with E-state index in [1.165, 1.54) is 11.1 Å². The average molecular weight is 398 g/mol. The van der Waals surface area contributed by atoms with Gasteiger partial charge in [0, 0.05) is 40.2 Å². The van der Waals surface area contributed by atoms with Crippen molar-refractivity contribution in [2.45, 2.75) is 33.2 Å². The molecule has 1 aliphatic rings. The van der Waals surface area contributed by atoms with Gasteiger partial charge >= 0.3 is 5.63 Å². The highest BCUT2D eigenvalue weighted by Crippen LogP contribution is 2.36. The van der Waals surface area contributed by atoms with Gasteiger partial charge in [0.05, 0.1) is 0 Å². The zero-order valence-corrected chi connectivity index (χ0v) is 17.0. The summed E-state index contributed by atoms with van der Waals surface area (Å²) in [6.07, 6.45) is 5.11. The van der Waals surface area contributed by atoms with Crippen LogP contribution in [-0.4, -0.2) is 10.5 Å². The molecule has 5 rings (SSSR count). The van der Waals surface area contributed by atoms with E-state index in [4.69, 9.17) is 10.2 Å². The first kappa shape index (κ1) is 18.4. The molecule has 0 unspecified atom stereocenters. The molecule has 5 heteroatoms. The maximum Gasteiger partial charge on any atom is 0.361 e. The van der Waals surface area contributed by atoms with Crippen molar-refractivity contribution >= 4 is 38.7 Å². The molecule has 2 aromatic heterocycles. The fourth-order valence-corrected chi connectivity index (χ4v) is 4.55. The standard InChI is InChI=1S/C25H22N2O3/c1-3-16-12-19-20(10-14(16)2)27(13-15-8-9-17(11-15)24(26)28)23-22(19)18-6-4-5-7-21(18)30-25(23)29/h4-10,12H,3,11,13H2,1-2H3,(H2,26,28). The van der Waals surface area contributed by atoms with Crippen molar-refractivity contribution in [3.8, 4) is 0 Å². The van der Waals surface area contributed by atoms with Gasteiger partial charge in [0.2, 0.25) is 5.91 Å². The summed E-state index contributed by atoms with van der Waals surface area (Å²) in [4.78, 5) is 24.6. The number of benzene rings is 2. The van der Waals surface area contributed by atoms with Crippen molar-refractivity contribution in [2.24, 2.45) is 5.73 Å². The molecule has 0 aliphatic heterocycles. The molecule has 2 N–H and O–H groups in total. The van der Waals surface area contributed by atoms with Crippen molar-refractivity contribution in [1.82, 2.24) is 4.57 Å². The molecule has 0 radical (unpaired) electrons. The molecule has 1 aliphatic carbocycles. The third kappa shape index (κ3) is 2.70. The first-order chi connectivity index (χ1) is 14.5. The van der Waals surface area contributed by atoms with Gasteiger partial charge in [-0.25, -0.2) is 4.79 Å². The van der Waals surface area contributed by atoms with Crippen molar-refractivity contribution < 1.29 is 9.21 Å². The number of fused-ring (bicyclic) bond motifs is 5. The molecule has 4 aromatic rings. The maximum absolute atomic E-state index is 13.1. The molecule has 0 atom stereocenters. The average Bonchev–Trinajstić information content (AvgIpc) is 3.32. The fourth-order valence-electron chi connectivity index (χ4n) is 4.55. The number of carbonyl (C=O) groups is 1. The number of hydrogen-bond donors (Lipinski definition) is 1. The molecule has 5 nitrogen and oxygen atoms in total. The Morgan fingerprint density at radius 1 is 1.17 bits per heavy atom. The molecule has 0 bridgehead atoms. The van der Waals surface area contributed by atoms with Crippen molar-refractivity contribution in [3.05, 3.63) is 81.2 Å². The summed E-state index contributed by atoms with van der Waals surface area (Å²) in [5.74, 6) is -0.405. The minimum atomic E-state index is -0.405. The van der Waals surface area contributed by atoms with Crippen LogP contribution in [-0.2, 0) is 17.8 Å². The van der Waals surface area contributed by atoms with E-state index in [1.54, 1.807) is 6.08 Å². The third-order valence-electron chi connectivity index (χ3n) is 6.07. The summed E-state index contributed by atoms with van der Waals surface area (Å²) in [5.41, 5.74) is 11.3. The molecule has 150 valence electrons. The Kier molecular flexibility index (Phi) is 4.13. The number of carbonyl (C=O) groups excluding carboxylic acids is 1. The van der Waals surface area contributed by atoms with Gasteiger partial charge in [-0.3, -0.25) is 4.79 Å². The smallest absolute Gasteiger partial charge is 0.361 e. The number of para-hydroxylation sites is 1. The van der Waals surface area contributed by atoms with Crippen LogP contribution in [0.5, 0.6) is 0 Å². The van der Waals surface area contributed by atoms with Crippen LogP contribution in [0.15, 0.2) is 68.9 Å². The van der Waals surface area contributed by atoms with Crippen LogP contribution in [0.3, 0.4) is 0 Å². The SMILES string of the molecule is CCc1cc2c3c4ccccc4oc(=O)c3n(CC3=CC=C(C(N)=O)C3)c2cc1C. The minimum Gasteiger partial charge on any atom is -0.421 e. The van der Waals surface area contributed by atoms with E-state index >= 15 is 0 Å². The molecule has 1 amide bonds. The lowest BCUT2D eigenvalue weighted by Crippen LogP contribution is -2.14. The maximum atomic E-state index is 13.1. The summed E-state index contributed by atoms with van der Waals surface area (Å²) >= 11 is 0. The minimum absolute atomic E-state index is 0.350. The number of nitrogens with two attached hydrogens (primary N) is 1. The van der Waals surface area contributed by atoms with E-state index in [0.29, 0.717) is 29.6 Å². The van der Waals surface area contributed by atoms with E-state index in [1.807, 2.05) is 34.9 Å². The Bertz CT molecular complexity index is 1480. The third-order valence-corrected chi connectivity index (χ3v) is 6.07. The van der Waals surface area contributed by atoms with Gasteiger partial charge in [-0.2, -0.15) is 0 Å². The first-order valence-corrected chi connectivity index (χ1v) is 10.1. The van der Waals surface area contributed by atoms with E-state index < -0.39 is 5.91 Å². The van der Waals surface area contributed by atoms with Gasteiger partial charge in [-0.15, -0.1) is 0 Å². The number of rotatable bonds is 4. The van der Waals surface area contributed by atoms with Crippen LogP contribution < -0.4 is 11.4 Å². The monoisotopic (exact) mass is 398 g/mol. The summed E-state index contributed by atoms with van der Waals surface area (Å²) in [6.45, 7) is 4.74. The second kappa shape index (κ2) is 6.73. The van der Waals surface area contributed by atoms with Gasteiger partial charge in [-0.05, 0) is 48.2 Å². The predicted molar refractivity (Wildman–Crippen MR) is 120 cm³/mol. The van der Waals surface area contributed by atoms with Crippen LogP contribution in [0.1, 0.15) is 24.5 Å². The molecule has 2 heterocycles. The molecule has 0 fully saturated rings. The number of amides is 1.